The number of thiophene rings is 1. The lowest BCUT2D eigenvalue weighted by Gasteiger charge is -2.26. The van der Waals surface area contributed by atoms with Crippen molar-refractivity contribution in [2.24, 2.45) is 5.73 Å². The average molecular weight is 634 g/mol. The summed E-state index contributed by atoms with van der Waals surface area (Å²) in [6, 6.07) is 27.2. The fourth-order valence-electron chi connectivity index (χ4n) is 4.67. The summed E-state index contributed by atoms with van der Waals surface area (Å²) in [7, 11) is 0. The lowest BCUT2D eigenvalue weighted by Crippen LogP contribution is -2.21. The molecule has 5 aromatic rings. The zero-order chi connectivity index (χ0) is 29.4. The lowest BCUT2D eigenvalue weighted by molar-refractivity contribution is 0.0740. The first kappa shape index (κ1) is 28.0. The Morgan fingerprint density at radius 1 is 0.929 bits per heavy atom. The van der Waals surface area contributed by atoms with Gasteiger partial charge in [-0.15, -0.1) is 11.3 Å². The lowest BCUT2D eigenvalue weighted by atomic mass is 9.83. The van der Waals surface area contributed by atoms with Crippen LogP contribution in [0.3, 0.4) is 0 Å². The molecule has 10 heteroatoms. The molecule has 0 spiro atoms. The maximum Gasteiger partial charge on any atom is 0.355 e. The van der Waals surface area contributed by atoms with Gasteiger partial charge in [0.05, 0.1) is 10.9 Å². The monoisotopic (exact) mass is 632 g/mol. The number of nitrogens with zero attached hydrogens (tertiary/aromatic N) is 1. The van der Waals surface area contributed by atoms with Gasteiger partial charge in [-0.25, -0.2) is 4.79 Å². The largest absolute Gasteiger partial charge is 0.489 e. The Balaban J connectivity index is 1.24. The van der Waals surface area contributed by atoms with Crippen LogP contribution in [-0.2, 0) is 6.61 Å². The molecule has 4 aromatic carbocycles. The third-order valence-electron chi connectivity index (χ3n) is 6.71. The predicted molar refractivity (Wildman–Crippen MR) is 165 cm³/mol. The van der Waals surface area contributed by atoms with Gasteiger partial charge in [-0.1, -0.05) is 71.2 Å². The number of halogens is 3. The number of ether oxygens (including phenoxy) is 3. The molecule has 6 rings (SSSR count). The van der Waals surface area contributed by atoms with Crippen molar-refractivity contribution < 1.29 is 19.0 Å². The molecule has 1 aliphatic heterocycles. The molecule has 208 valence electrons. The molecule has 6 nitrogen and oxygen atoms in total. The SMILES string of the molecule is N#CC1=C(N)Oc2cc(OC(=O)c3sc4cc(Cl)ccc4c3Cl)ccc2C1c1ccc(OCc2ccc(Cl)cc2)cc1. The number of rotatable bonds is 6. The molecule has 0 saturated heterocycles. The minimum absolute atomic E-state index is 0.0222. The van der Waals surface area contributed by atoms with Crippen molar-refractivity contribution in [3.63, 3.8) is 0 Å². The predicted octanol–water partition coefficient (Wildman–Crippen LogP) is 8.88. The van der Waals surface area contributed by atoms with E-state index in [1.54, 1.807) is 36.4 Å². The van der Waals surface area contributed by atoms with E-state index in [2.05, 4.69) is 6.07 Å². The summed E-state index contributed by atoms with van der Waals surface area (Å²) in [5, 5.41) is 12.1. The second-order valence-electron chi connectivity index (χ2n) is 9.38. The molecule has 0 fully saturated rings. The highest BCUT2D eigenvalue weighted by Crippen LogP contribution is 2.44. The Morgan fingerprint density at radius 2 is 1.64 bits per heavy atom. The first-order chi connectivity index (χ1) is 20.3. The molecule has 0 aliphatic carbocycles. The molecule has 2 N–H and O–H groups in total. The van der Waals surface area contributed by atoms with Crippen LogP contribution in [-0.4, -0.2) is 5.97 Å². The van der Waals surface area contributed by atoms with Crippen LogP contribution in [0.1, 0.15) is 32.3 Å². The van der Waals surface area contributed by atoms with Crippen LogP contribution < -0.4 is 19.9 Å². The van der Waals surface area contributed by atoms with Gasteiger partial charge >= 0.3 is 5.97 Å². The highest BCUT2D eigenvalue weighted by molar-refractivity contribution is 7.21. The van der Waals surface area contributed by atoms with Crippen LogP contribution in [0.25, 0.3) is 10.1 Å². The van der Waals surface area contributed by atoms with E-state index < -0.39 is 11.9 Å². The van der Waals surface area contributed by atoms with Crippen LogP contribution in [0, 0.1) is 11.3 Å². The summed E-state index contributed by atoms with van der Waals surface area (Å²) in [6.07, 6.45) is 0. The van der Waals surface area contributed by atoms with Crippen LogP contribution >= 0.6 is 46.1 Å². The van der Waals surface area contributed by atoms with E-state index in [4.69, 9.17) is 54.7 Å². The van der Waals surface area contributed by atoms with Crippen LogP contribution in [0.15, 0.2) is 96.4 Å². The van der Waals surface area contributed by atoms with Gasteiger partial charge in [0.1, 0.15) is 40.4 Å². The van der Waals surface area contributed by atoms with Crippen molar-refractivity contribution in [1.82, 2.24) is 0 Å². The van der Waals surface area contributed by atoms with E-state index in [1.807, 2.05) is 48.5 Å². The van der Waals surface area contributed by atoms with Gasteiger partial charge in [0, 0.05) is 31.8 Å². The number of hydrogen-bond acceptors (Lipinski definition) is 7. The molecule has 1 atom stereocenters. The molecule has 1 aliphatic rings. The molecule has 0 amide bonds. The Morgan fingerprint density at radius 3 is 2.38 bits per heavy atom. The van der Waals surface area contributed by atoms with Crippen LogP contribution in [0.4, 0.5) is 0 Å². The molecular formula is C32H19Cl3N2O4S. The van der Waals surface area contributed by atoms with Gasteiger partial charge in [0.25, 0.3) is 0 Å². The maximum absolute atomic E-state index is 13.0. The Bertz CT molecular complexity index is 1910. The normalized spacial score (nSPS) is 14.2. The molecule has 1 unspecified atom stereocenters. The zero-order valence-corrected chi connectivity index (χ0v) is 24.7. The number of esters is 1. The number of carbonyl (C=O) groups excluding carboxylic acids is 1. The number of nitriles is 1. The Labute approximate surface area is 260 Å². The van der Waals surface area contributed by atoms with Crippen molar-refractivity contribution in [2.45, 2.75) is 12.5 Å². The van der Waals surface area contributed by atoms with Gasteiger partial charge in [-0.05, 0) is 53.6 Å². The third kappa shape index (κ3) is 5.50. The van der Waals surface area contributed by atoms with Crippen molar-refractivity contribution in [2.75, 3.05) is 0 Å². The van der Waals surface area contributed by atoms with E-state index in [0.29, 0.717) is 38.7 Å². The van der Waals surface area contributed by atoms with Gasteiger partial charge in [-0.3, -0.25) is 0 Å². The number of allylic oxidation sites excluding steroid dienone is 1. The molecule has 0 radical (unpaired) electrons. The second kappa shape index (κ2) is 11.6. The van der Waals surface area contributed by atoms with Crippen LogP contribution in [0.2, 0.25) is 15.1 Å². The topological polar surface area (TPSA) is 94.6 Å². The maximum atomic E-state index is 13.0. The van der Waals surface area contributed by atoms with Gasteiger partial charge in [0.2, 0.25) is 5.88 Å². The Hall–Kier alpha value is -4.19. The second-order valence-corrected chi connectivity index (χ2v) is 11.7. The van der Waals surface area contributed by atoms with Crippen molar-refractivity contribution in [1.29, 1.82) is 5.26 Å². The average Bonchev–Trinajstić information content (AvgIpc) is 3.31. The van der Waals surface area contributed by atoms with Gasteiger partial charge in [0.15, 0.2) is 0 Å². The minimum atomic E-state index is -0.611. The number of benzene rings is 4. The van der Waals surface area contributed by atoms with E-state index in [-0.39, 0.29) is 22.1 Å². The number of carbonyl (C=O) groups is 1. The first-order valence-corrected chi connectivity index (χ1v) is 14.5. The summed E-state index contributed by atoms with van der Waals surface area (Å²) in [5.41, 5.74) is 8.95. The summed E-state index contributed by atoms with van der Waals surface area (Å²) >= 11 is 19.7. The quantitative estimate of drug-likeness (QED) is 0.148. The highest BCUT2D eigenvalue weighted by Gasteiger charge is 2.31. The van der Waals surface area contributed by atoms with E-state index in [1.165, 1.54) is 11.3 Å². The summed E-state index contributed by atoms with van der Waals surface area (Å²) in [5.74, 6) is 0.157. The van der Waals surface area contributed by atoms with Crippen molar-refractivity contribution in [3.8, 4) is 23.3 Å². The van der Waals surface area contributed by atoms with Gasteiger partial charge in [-0.2, -0.15) is 5.26 Å². The van der Waals surface area contributed by atoms with Crippen LogP contribution in [0.5, 0.6) is 17.2 Å². The molecular weight excluding hydrogens is 615 g/mol. The van der Waals surface area contributed by atoms with E-state index in [0.717, 1.165) is 21.2 Å². The van der Waals surface area contributed by atoms with Crippen molar-refractivity contribution >= 4 is 62.2 Å². The first-order valence-electron chi connectivity index (χ1n) is 12.6. The minimum Gasteiger partial charge on any atom is -0.489 e. The molecule has 0 bridgehead atoms. The smallest absolute Gasteiger partial charge is 0.355 e. The number of hydrogen-bond donors (Lipinski definition) is 1. The zero-order valence-electron chi connectivity index (χ0n) is 21.6. The molecule has 1 aromatic heterocycles. The summed E-state index contributed by atoms with van der Waals surface area (Å²) < 4.78 is 18.1. The highest BCUT2D eigenvalue weighted by atomic mass is 35.5. The standard InChI is InChI=1S/C32H19Cl3N2O4S/c33-19-5-1-17(2-6-19)16-39-21-8-3-18(4-9-21)28-23-12-10-22(14-26(23)41-31(37)25(28)15-36)40-32(38)30-29(35)24-11-7-20(34)13-27(24)42-30/h1-14,28H,16,37H2. The van der Waals surface area contributed by atoms with E-state index in [9.17, 15) is 10.1 Å². The van der Waals surface area contributed by atoms with E-state index >= 15 is 0 Å². The third-order valence-corrected chi connectivity index (χ3v) is 8.83. The fourth-order valence-corrected chi connectivity index (χ4v) is 6.46. The van der Waals surface area contributed by atoms with Crippen molar-refractivity contribution in [3.05, 3.63) is 133 Å². The molecule has 0 saturated carbocycles. The number of fused-ring (bicyclic) bond motifs is 2. The molecule has 42 heavy (non-hydrogen) atoms. The van der Waals surface area contributed by atoms with Gasteiger partial charge < -0.3 is 19.9 Å². The Kier molecular flexibility index (Phi) is 7.72. The number of nitrogens with two attached hydrogens (primary N) is 1. The summed E-state index contributed by atoms with van der Waals surface area (Å²) in [6.45, 7) is 0.384. The fraction of sp³-hybridized carbons (Fsp3) is 0.0625. The summed E-state index contributed by atoms with van der Waals surface area (Å²) in [4.78, 5) is 13.3. The molecule has 2 heterocycles.